The van der Waals surface area contributed by atoms with Crippen molar-refractivity contribution in [1.29, 1.82) is 0 Å². The molecule has 3 heteroatoms. The van der Waals surface area contributed by atoms with Crippen LogP contribution in [0.4, 0.5) is 0 Å². The summed E-state index contributed by atoms with van der Waals surface area (Å²) in [5.41, 5.74) is 0. The lowest BCUT2D eigenvalue weighted by Gasteiger charge is -2.29. The fourth-order valence-corrected chi connectivity index (χ4v) is 1.82. The zero-order valence-electron chi connectivity index (χ0n) is 9.04. The first-order chi connectivity index (χ1) is 6.72. The normalized spacial score (nSPS) is 19.9. The summed E-state index contributed by atoms with van der Waals surface area (Å²) in [6.45, 7) is 4.90. The first-order valence-electron chi connectivity index (χ1n) is 5.64. The number of hydrogen-bond donors (Lipinski definition) is 1. The smallest absolute Gasteiger partial charge is 0.132 e. The van der Waals surface area contributed by atoms with Crippen LogP contribution in [0, 0.1) is 0 Å². The molecule has 1 rings (SSSR count). The van der Waals surface area contributed by atoms with Crippen molar-refractivity contribution >= 4 is 5.78 Å². The SMILES string of the molecule is CCC(=O)CCCN1CCC(O)CC1. The number of ketones is 1. The molecule has 0 radical (unpaired) electrons. The summed E-state index contributed by atoms with van der Waals surface area (Å²) in [6.07, 6.45) is 4.05. The molecule has 0 aromatic rings. The molecule has 1 heterocycles. The van der Waals surface area contributed by atoms with E-state index >= 15 is 0 Å². The Kier molecular flexibility index (Phi) is 5.12. The molecule has 0 bridgehead atoms. The molecule has 3 nitrogen and oxygen atoms in total. The zero-order valence-corrected chi connectivity index (χ0v) is 9.04. The van der Waals surface area contributed by atoms with Crippen LogP contribution in [0.25, 0.3) is 0 Å². The summed E-state index contributed by atoms with van der Waals surface area (Å²) >= 11 is 0. The van der Waals surface area contributed by atoms with Gasteiger partial charge in [-0.25, -0.2) is 0 Å². The quantitative estimate of drug-likeness (QED) is 0.723. The fraction of sp³-hybridized carbons (Fsp3) is 0.909. The third-order valence-electron chi connectivity index (χ3n) is 2.88. The molecule has 0 atom stereocenters. The van der Waals surface area contributed by atoms with Gasteiger partial charge in [-0.05, 0) is 25.8 Å². The summed E-state index contributed by atoms with van der Waals surface area (Å²) < 4.78 is 0. The van der Waals surface area contributed by atoms with Gasteiger partial charge in [0.2, 0.25) is 0 Å². The van der Waals surface area contributed by atoms with Gasteiger partial charge in [0, 0.05) is 25.9 Å². The van der Waals surface area contributed by atoms with Crippen molar-refractivity contribution in [1.82, 2.24) is 4.90 Å². The third kappa shape index (κ3) is 4.20. The molecule has 1 N–H and O–H groups in total. The molecule has 0 saturated carbocycles. The lowest BCUT2D eigenvalue weighted by Crippen LogP contribution is -2.36. The van der Waals surface area contributed by atoms with Crippen molar-refractivity contribution in [2.45, 2.75) is 45.1 Å². The van der Waals surface area contributed by atoms with E-state index in [2.05, 4.69) is 4.90 Å². The average molecular weight is 199 g/mol. The molecular formula is C11H21NO2. The van der Waals surface area contributed by atoms with E-state index in [9.17, 15) is 9.90 Å². The molecular weight excluding hydrogens is 178 g/mol. The van der Waals surface area contributed by atoms with Crippen LogP contribution in [0.5, 0.6) is 0 Å². The molecule has 0 unspecified atom stereocenters. The topological polar surface area (TPSA) is 40.5 Å². The van der Waals surface area contributed by atoms with E-state index in [1.165, 1.54) is 0 Å². The van der Waals surface area contributed by atoms with Gasteiger partial charge < -0.3 is 10.0 Å². The van der Waals surface area contributed by atoms with Gasteiger partial charge in [0.05, 0.1) is 6.10 Å². The highest BCUT2D eigenvalue weighted by Gasteiger charge is 2.16. The van der Waals surface area contributed by atoms with Gasteiger partial charge >= 0.3 is 0 Å². The van der Waals surface area contributed by atoms with Crippen LogP contribution in [0.1, 0.15) is 39.0 Å². The summed E-state index contributed by atoms with van der Waals surface area (Å²) in [6, 6.07) is 0. The Morgan fingerprint density at radius 3 is 2.64 bits per heavy atom. The minimum absolute atomic E-state index is 0.0940. The molecule has 1 aliphatic heterocycles. The number of hydrogen-bond acceptors (Lipinski definition) is 3. The van der Waals surface area contributed by atoms with Crippen LogP contribution >= 0.6 is 0 Å². The molecule has 0 spiro atoms. The lowest BCUT2D eigenvalue weighted by molar-refractivity contribution is -0.118. The van der Waals surface area contributed by atoms with Gasteiger partial charge in [0.25, 0.3) is 0 Å². The second-order valence-corrected chi connectivity index (χ2v) is 4.07. The van der Waals surface area contributed by atoms with E-state index in [0.29, 0.717) is 12.2 Å². The zero-order chi connectivity index (χ0) is 10.4. The number of aliphatic hydroxyl groups excluding tert-OH is 1. The first-order valence-corrected chi connectivity index (χ1v) is 5.64. The Morgan fingerprint density at radius 2 is 2.07 bits per heavy atom. The highest BCUT2D eigenvalue weighted by molar-refractivity contribution is 5.77. The number of nitrogens with zero attached hydrogens (tertiary/aromatic N) is 1. The van der Waals surface area contributed by atoms with E-state index < -0.39 is 0 Å². The molecule has 1 aliphatic rings. The Hall–Kier alpha value is -0.410. The summed E-state index contributed by atoms with van der Waals surface area (Å²) in [5, 5.41) is 9.30. The monoisotopic (exact) mass is 199 g/mol. The maximum Gasteiger partial charge on any atom is 0.132 e. The van der Waals surface area contributed by atoms with E-state index in [0.717, 1.165) is 45.3 Å². The van der Waals surface area contributed by atoms with Crippen LogP contribution in [-0.2, 0) is 4.79 Å². The molecule has 0 aliphatic carbocycles. The van der Waals surface area contributed by atoms with E-state index in [4.69, 9.17) is 0 Å². The Labute approximate surface area is 86.1 Å². The van der Waals surface area contributed by atoms with Crippen molar-refractivity contribution in [3.63, 3.8) is 0 Å². The van der Waals surface area contributed by atoms with Gasteiger partial charge in [-0.15, -0.1) is 0 Å². The molecule has 0 aromatic heterocycles. The molecule has 82 valence electrons. The Morgan fingerprint density at radius 1 is 1.43 bits per heavy atom. The van der Waals surface area contributed by atoms with E-state index in [-0.39, 0.29) is 6.10 Å². The van der Waals surface area contributed by atoms with Crippen molar-refractivity contribution in [3.05, 3.63) is 0 Å². The van der Waals surface area contributed by atoms with Gasteiger partial charge in [-0.1, -0.05) is 6.92 Å². The van der Waals surface area contributed by atoms with Gasteiger partial charge in [0.15, 0.2) is 0 Å². The second-order valence-electron chi connectivity index (χ2n) is 4.07. The molecule has 0 amide bonds. The number of piperidine rings is 1. The minimum atomic E-state index is -0.0940. The standard InChI is InChI=1S/C11H21NO2/c1-2-10(13)4-3-7-12-8-5-11(14)6-9-12/h11,14H,2-9H2,1H3. The third-order valence-corrected chi connectivity index (χ3v) is 2.88. The molecule has 14 heavy (non-hydrogen) atoms. The molecule has 1 fully saturated rings. The van der Waals surface area contributed by atoms with E-state index in [1.54, 1.807) is 0 Å². The number of carbonyl (C=O) groups is 1. The number of rotatable bonds is 5. The molecule has 0 aromatic carbocycles. The highest BCUT2D eigenvalue weighted by Crippen LogP contribution is 2.10. The predicted molar refractivity (Wildman–Crippen MR) is 56.2 cm³/mol. The van der Waals surface area contributed by atoms with Crippen LogP contribution in [0.15, 0.2) is 0 Å². The highest BCUT2D eigenvalue weighted by atomic mass is 16.3. The van der Waals surface area contributed by atoms with Crippen LogP contribution in [0.2, 0.25) is 0 Å². The van der Waals surface area contributed by atoms with Gasteiger partial charge in [0.1, 0.15) is 5.78 Å². The van der Waals surface area contributed by atoms with Gasteiger partial charge in [-0.2, -0.15) is 0 Å². The van der Waals surface area contributed by atoms with Crippen molar-refractivity contribution in [3.8, 4) is 0 Å². The lowest BCUT2D eigenvalue weighted by atomic mass is 10.1. The van der Waals surface area contributed by atoms with Gasteiger partial charge in [-0.3, -0.25) is 4.79 Å². The minimum Gasteiger partial charge on any atom is -0.393 e. The maximum absolute atomic E-state index is 11.0. The van der Waals surface area contributed by atoms with Crippen LogP contribution in [-0.4, -0.2) is 41.5 Å². The Bertz CT molecular complexity index is 174. The predicted octanol–water partition coefficient (Wildman–Crippen LogP) is 1.20. The molecule has 1 saturated heterocycles. The summed E-state index contributed by atoms with van der Waals surface area (Å²) in [4.78, 5) is 13.4. The number of Topliss-reactive ketones (excluding diaryl/α,β-unsaturated/α-hetero) is 1. The van der Waals surface area contributed by atoms with Crippen molar-refractivity contribution < 1.29 is 9.90 Å². The largest absolute Gasteiger partial charge is 0.393 e. The van der Waals surface area contributed by atoms with Crippen molar-refractivity contribution in [2.75, 3.05) is 19.6 Å². The number of likely N-dealkylation sites (tertiary alicyclic amines) is 1. The van der Waals surface area contributed by atoms with Crippen LogP contribution < -0.4 is 0 Å². The maximum atomic E-state index is 11.0. The number of aliphatic hydroxyl groups is 1. The number of carbonyl (C=O) groups excluding carboxylic acids is 1. The summed E-state index contributed by atoms with van der Waals surface area (Å²) in [7, 11) is 0. The van der Waals surface area contributed by atoms with Crippen molar-refractivity contribution in [2.24, 2.45) is 0 Å². The average Bonchev–Trinajstić information content (AvgIpc) is 2.21. The van der Waals surface area contributed by atoms with E-state index in [1.807, 2.05) is 6.92 Å². The van der Waals surface area contributed by atoms with Crippen LogP contribution in [0.3, 0.4) is 0 Å². The first kappa shape index (κ1) is 11.7. The second kappa shape index (κ2) is 6.14. The fourth-order valence-electron chi connectivity index (χ4n) is 1.82. The summed E-state index contributed by atoms with van der Waals surface area (Å²) in [5.74, 6) is 0.363. The Balaban J connectivity index is 2.04.